The summed E-state index contributed by atoms with van der Waals surface area (Å²) in [6.45, 7) is 3.45. The molecule has 0 radical (unpaired) electrons. The van der Waals surface area contributed by atoms with E-state index in [-0.39, 0.29) is 12.5 Å². The van der Waals surface area contributed by atoms with Crippen LogP contribution in [0.4, 0.5) is 0 Å². The van der Waals surface area contributed by atoms with Crippen molar-refractivity contribution in [2.24, 2.45) is 0 Å². The molecule has 2 unspecified atom stereocenters. The fourth-order valence-electron chi connectivity index (χ4n) is 3.10. The van der Waals surface area contributed by atoms with Crippen LogP contribution in [0.2, 0.25) is 0 Å². The van der Waals surface area contributed by atoms with Gasteiger partial charge in [-0.05, 0) is 32.9 Å². The number of likely N-dealkylation sites (N-methyl/N-ethyl adjacent to an activating group) is 1. The van der Waals surface area contributed by atoms with Gasteiger partial charge in [-0.15, -0.1) is 10.2 Å². The van der Waals surface area contributed by atoms with Crippen LogP contribution < -0.4 is 0 Å². The van der Waals surface area contributed by atoms with Crippen molar-refractivity contribution < 1.29 is 5.11 Å². The molecule has 1 aromatic heterocycles. The minimum absolute atomic E-state index is 0.197. The Balaban J connectivity index is 1.89. The maximum absolute atomic E-state index is 9.37. The first-order valence-corrected chi connectivity index (χ1v) is 6.52. The molecule has 5 nitrogen and oxygen atoms in total. The number of hydrogen-bond donors (Lipinski definition) is 1. The number of likely N-dealkylation sites (tertiary alicyclic amines) is 1. The standard InChI is InChI=1S/C12H20N4O/c1-15-6-4-9(7-15)11-13-14-12-10(8-17)3-2-5-16(11)12/h9-10,17H,2-8H2,1H3. The number of nitrogens with zero attached hydrogens (tertiary/aromatic N) is 4. The van der Waals surface area contributed by atoms with E-state index in [1.54, 1.807) is 0 Å². The minimum Gasteiger partial charge on any atom is -0.396 e. The van der Waals surface area contributed by atoms with Crippen molar-refractivity contribution >= 4 is 0 Å². The number of hydrogen-bond acceptors (Lipinski definition) is 4. The lowest BCUT2D eigenvalue weighted by Crippen LogP contribution is -2.22. The molecule has 5 heteroatoms. The lowest BCUT2D eigenvalue weighted by atomic mass is 9.99. The van der Waals surface area contributed by atoms with Crippen molar-refractivity contribution in [1.29, 1.82) is 0 Å². The SMILES string of the molecule is CN1CCC(c2nnc3n2CCCC3CO)C1. The molecule has 1 N–H and O–H groups in total. The van der Waals surface area contributed by atoms with Gasteiger partial charge in [0.15, 0.2) is 0 Å². The Morgan fingerprint density at radius 1 is 1.24 bits per heavy atom. The van der Waals surface area contributed by atoms with E-state index in [1.165, 1.54) is 6.42 Å². The van der Waals surface area contributed by atoms with E-state index in [9.17, 15) is 5.11 Å². The summed E-state index contributed by atoms with van der Waals surface area (Å²) in [6, 6.07) is 0. The Morgan fingerprint density at radius 2 is 2.06 bits per heavy atom. The Morgan fingerprint density at radius 3 is 2.76 bits per heavy atom. The molecule has 17 heavy (non-hydrogen) atoms. The third-order valence-corrected chi connectivity index (χ3v) is 4.08. The molecule has 0 spiro atoms. The molecule has 1 saturated heterocycles. The highest BCUT2D eigenvalue weighted by molar-refractivity contribution is 5.10. The van der Waals surface area contributed by atoms with Gasteiger partial charge in [0.1, 0.15) is 11.6 Å². The average molecular weight is 236 g/mol. The minimum atomic E-state index is 0.197. The van der Waals surface area contributed by atoms with Crippen LogP contribution in [0.1, 0.15) is 42.7 Å². The molecule has 0 bridgehead atoms. The molecule has 0 aromatic carbocycles. The Bertz CT molecular complexity index is 403. The average Bonchev–Trinajstić information content (AvgIpc) is 2.94. The zero-order chi connectivity index (χ0) is 11.8. The largest absolute Gasteiger partial charge is 0.396 e. The van der Waals surface area contributed by atoms with Crippen molar-refractivity contribution in [1.82, 2.24) is 19.7 Å². The number of rotatable bonds is 2. The molecule has 0 saturated carbocycles. The number of aromatic nitrogens is 3. The van der Waals surface area contributed by atoms with Gasteiger partial charge < -0.3 is 14.6 Å². The molecule has 2 atom stereocenters. The van der Waals surface area contributed by atoms with Crippen molar-refractivity contribution in [2.45, 2.75) is 37.6 Å². The van der Waals surface area contributed by atoms with E-state index >= 15 is 0 Å². The monoisotopic (exact) mass is 236 g/mol. The van der Waals surface area contributed by atoms with Gasteiger partial charge in [0.25, 0.3) is 0 Å². The third kappa shape index (κ3) is 1.87. The molecular weight excluding hydrogens is 216 g/mol. The maximum Gasteiger partial charge on any atom is 0.138 e. The van der Waals surface area contributed by atoms with Crippen LogP contribution in [0, 0.1) is 0 Å². The van der Waals surface area contributed by atoms with Gasteiger partial charge in [0.2, 0.25) is 0 Å². The van der Waals surface area contributed by atoms with Gasteiger partial charge in [-0.3, -0.25) is 0 Å². The van der Waals surface area contributed by atoms with Crippen LogP contribution in [0.25, 0.3) is 0 Å². The van der Waals surface area contributed by atoms with E-state index in [1.807, 2.05) is 0 Å². The Labute approximate surface area is 101 Å². The van der Waals surface area contributed by atoms with Gasteiger partial charge in [-0.1, -0.05) is 0 Å². The van der Waals surface area contributed by atoms with E-state index in [4.69, 9.17) is 0 Å². The van der Waals surface area contributed by atoms with Crippen LogP contribution in [-0.4, -0.2) is 51.5 Å². The van der Waals surface area contributed by atoms with E-state index < -0.39 is 0 Å². The predicted molar refractivity (Wildman–Crippen MR) is 63.9 cm³/mol. The van der Waals surface area contributed by atoms with Crippen molar-refractivity contribution in [3.63, 3.8) is 0 Å². The highest BCUT2D eigenvalue weighted by atomic mass is 16.3. The van der Waals surface area contributed by atoms with Gasteiger partial charge in [0.05, 0.1) is 6.61 Å². The normalized spacial score (nSPS) is 29.5. The van der Waals surface area contributed by atoms with Crippen LogP contribution in [0.3, 0.4) is 0 Å². The molecule has 2 aliphatic heterocycles. The van der Waals surface area contributed by atoms with Gasteiger partial charge >= 0.3 is 0 Å². The predicted octanol–water partition coefficient (Wildman–Crippen LogP) is 0.567. The summed E-state index contributed by atoms with van der Waals surface area (Å²) in [5, 5.41) is 18.1. The first-order chi connectivity index (χ1) is 8.29. The number of aliphatic hydroxyl groups is 1. The van der Waals surface area contributed by atoms with Gasteiger partial charge in [0, 0.05) is 24.9 Å². The second kappa shape index (κ2) is 4.38. The second-order valence-corrected chi connectivity index (χ2v) is 5.34. The molecule has 1 fully saturated rings. The van der Waals surface area contributed by atoms with Crippen LogP contribution in [0.5, 0.6) is 0 Å². The fraction of sp³-hybridized carbons (Fsp3) is 0.833. The zero-order valence-electron chi connectivity index (χ0n) is 10.3. The van der Waals surface area contributed by atoms with Gasteiger partial charge in [-0.2, -0.15) is 0 Å². The van der Waals surface area contributed by atoms with Crippen LogP contribution >= 0.6 is 0 Å². The Hall–Kier alpha value is -0.940. The van der Waals surface area contributed by atoms with Crippen molar-refractivity contribution in [3.8, 4) is 0 Å². The summed E-state index contributed by atoms with van der Waals surface area (Å²) in [5.74, 6) is 2.87. The van der Waals surface area contributed by atoms with E-state index in [0.29, 0.717) is 5.92 Å². The van der Waals surface area contributed by atoms with E-state index in [0.717, 1.165) is 44.1 Å². The molecule has 2 aliphatic rings. The second-order valence-electron chi connectivity index (χ2n) is 5.34. The smallest absolute Gasteiger partial charge is 0.138 e. The summed E-state index contributed by atoms with van der Waals surface area (Å²) >= 11 is 0. The van der Waals surface area contributed by atoms with Gasteiger partial charge in [-0.25, -0.2) is 0 Å². The number of aliphatic hydroxyl groups excluding tert-OH is 1. The summed E-state index contributed by atoms with van der Waals surface area (Å²) in [7, 11) is 2.16. The lowest BCUT2D eigenvalue weighted by Gasteiger charge is -2.23. The van der Waals surface area contributed by atoms with E-state index in [2.05, 4.69) is 26.7 Å². The summed E-state index contributed by atoms with van der Waals surface area (Å²) in [4.78, 5) is 2.35. The third-order valence-electron chi connectivity index (χ3n) is 4.08. The quantitative estimate of drug-likeness (QED) is 0.815. The lowest BCUT2D eigenvalue weighted by molar-refractivity contribution is 0.236. The first-order valence-electron chi connectivity index (χ1n) is 6.52. The van der Waals surface area contributed by atoms with Crippen molar-refractivity contribution in [3.05, 3.63) is 11.6 Å². The molecule has 0 aliphatic carbocycles. The molecule has 0 amide bonds. The summed E-state index contributed by atoms with van der Waals surface area (Å²) in [5.41, 5.74) is 0. The molecule has 3 heterocycles. The van der Waals surface area contributed by atoms with Crippen LogP contribution in [0.15, 0.2) is 0 Å². The highest BCUT2D eigenvalue weighted by Gasteiger charge is 2.30. The molecular formula is C12H20N4O. The first kappa shape index (κ1) is 11.2. The maximum atomic E-state index is 9.37. The fourth-order valence-corrected chi connectivity index (χ4v) is 3.10. The van der Waals surface area contributed by atoms with Crippen LogP contribution in [-0.2, 0) is 6.54 Å². The molecule has 94 valence electrons. The summed E-state index contributed by atoms with van der Waals surface area (Å²) < 4.78 is 2.26. The summed E-state index contributed by atoms with van der Waals surface area (Å²) in [6.07, 6.45) is 3.35. The van der Waals surface area contributed by atoms with Crippen molar-refractivity contribution in [2.75, 3.05) is 26.7 Å². The topological polar surface area (TPSA) is 54.2 Å². The molecule has 1 aromatic rings. The highest BCUT2D eigenvalue weighted by Crippen LogP contribution is 2.31. The zero-order valence-corrected chi connectivity index (χ0v) is 10.3. The Kier molecular flexibility index (Phi) is 2.88. The molecule has 3 rings (SSSR count). The number of fused-ring (bicyclic) bond motifs is 1.